The summed E-state index contributed by atoms with van der Waals surface area (Å²) in [6.07, 6.45) is -2.21. The molecule has 0 spiro atoms. The minimum absolute atomic E-state index is 0.117. The molecule has 0 aliphatic carbocycles. The number of amides is 1. The summed E-state index contributed by atoms with van der Waals surface area (Å²) in [4.78, 5) is 15.0. The smallest absolute Gasteiger partial charge is 0.394 e. The number of aliphatic hydroxyl groups is 1. The fourth-order valence-electron chi connectivity index (χ4n) is 3.90. The van der Waals surface area contributed by atoms with Crippen LogP contribution < -0.4 is 5.32 Å². The highest BCUT2D eigenvalue weighted by Crippen LogP contribution is 2.41. The van der Waals surface area contributed by atoms with E-state index in [1.807, 2.05) is 0 Å². The van der Waals surface area contributed by atoms with E-state index < -0.39 is 29.8 Å². The summed E-state index contributed by atoms with van der Waals surface area (Å²) in [5.74, 6) is -0.259. The maximum atomic E-state index is 13.3. The summed E-state index contributed by atoms with van der Waals surface area (Å²) in [5.41, 5.74) is -1.51. The van der Waals surface area contributed by atoms with Crippen molar-refractivity contribution in [2.75, 3.05) is 26.2 Å². The van der Waals surface area contributed by atoms with Gasteiger partial charge in [-0.3, -0.25) is 4.79 Å². The topological polar surface area (TPSA) is 52.6 Å². The molecule has 138 valence electrons. The van der Waals surface area contributed by atoms with Crippen molar-refractivity contribution < 1.29 is 23.1 Å². The van der Waals surface area contributed by atoms with Crippen LogP contribution in [0.1, 0.15) is 36.4 Å². The van der Waals surface area contributed by atoms with Crippen LogP contribution >= 0.6 is 15.9 Å². The average Bonchev–Trinajstić information content (AvgIpc) is 2.87. The highest BCUT2D eigenvalue weighted by atomic mass is 79.9. The molecule has 2 saturated heterocycles. The van der Waals surface area contributed by atoms with Gasteiger partial charge in [-0.05, 0) is 50.0 Å². The van der Waals surface area contributed by atoms with Crippen molar-refractivity contribution in [3.63, 3.8) is 0 Å². The first kappa shape index (κ1) is 18.7. The Labute approximate surface area is 152 Å². The molecule has 4 nitrogen and oxygen atoms in total. The highest BCUT2D eigenvalue weighted by molar-refractivity contribution is 9.10. The molecule has 1 unspecified atom stereocenters. The Morgan fingerprint density at radius 3 is 2.80 bits per heavy atom. The second kappa shape index (κ2) is 6.89. The lowest BCUT2D eigenvalue weighted by Gasteiger charge is -2.34. The molecule has 1 amide bonds. The van der Waals surface area contributed by atoms with Crippen LogP contribution in [0.25, 0.3) is 0 Å². The van der Waals surface area contributed by atoms with Gasteiger partial charge in [-0.15, -0.1) is 0 Å². The second-order valence-electron chi connectivity index (χ2n) is 6.85. The van der Waals surface area contributed by atoms with Crippen LogP contribution in [-0.4, -0.2) is 42.2 Å². The van der Waals surface area contributed by atoms with Crippen LogP contribution in [-0.2, 0) is 11.0 Å². The molecule has 2 aliphatic rings. The number of carbonyl (C=O) groups is 1. The van der Waals surface area contributed by atoms with Gasteiger partial charge in [0.05, 0.1) is 23.6 Å². The summed E-state index contributed by atoms with van der Waals surface area (Å²) in [5, 5.41) is 12.3. The van der Waals surface area contributed by atoms with Gasteiger partial charge in [0, 0.05) is 11.0 Å². The van der Waals surface area contributed by atoms with Crippen molar-refractivity contribution >= 4 is 21.8 Å². The molecule has 3 rings (SSSR count). The first-order valence-electron chi connectivity index (χ1n) is 8.26. The molecule has 1 aromatic carbocycles. The van der Waals surface area contributed by atoms with Crippen molar-refractivity contribution in [3.8, 4) is 0 Å². The van der Waals surface area contributed by atoms with E-state index in [9.17, 15) is 23.1 Å². The number of hydrogen-bond donors (Lipinski definition) is 2. The Morgan fingerprint density at radius 1 is 1.36 bits per heavy atom. The summed E-state index contributed by atoms with van der Waals surface area (Å²) in [6, 6.07) is 2.67. The van der Waals surface area contributed by atoms with Gasteiger partial charge in [-0.1, -0.05) is 22.0 Å². The van der Waals surface area contributed by atoms with Crippen LogP contribution in [0.3, 0.4) is 0 Å². The maximum Gasteiger partial charge on any atom is 0.416 e. The Balaban J connectivity index is 1.85. The number of benzene rings is 1. The Hall–Kier alpha value is -1.12. The first-order valence-corrected chi connectivity index (χ1v) is 9.05. The number of nitrogens with one attached hydrogen (secondary N) is 1. The quantitative estimate of drug-likeness (QED) is 0.786. The van der Waals surface area contributed by atoms with E-state index in [4.69, 9.17) is 0 Å². The van der Waals surface area contributed by atoms with Crippen LogP contribution in [0.5, 0.6) is 0 Å². The Morgan fingerprint density at radius 2 is 2.12 bits per heavy atom. The van der Waals surface area contributed by atoms with Crippen molar-refractivity contribution in [1.82, 2.24) is 10.2 Å². The number of aliphatic hydroxyl groups excluding tert-OH is 1. The number of piperidine rings is 1. The van der Waals surface area contributed by atoms with E-state index in [1.165, 1.54) is 12.1 Å². The number of rotatable bonds is 4. The number of alkyl halides is 3. The first-order chi connectivity index (χ1) is 11.7. The van der Waals surface area contributed by atoms with E-state index in [0.717, 1.165) is 32.0 Å². The Kier molecular flexibility index (Phi) is 5.14. The third kappa shape index (κ3) is 3.71. The van der Waals surface area contributed by atoms with Gasteiger partial charge in [-0.2, -0.15) is 13.2 Å². The van der Waals surface area contributed by atoms with E-state index in [0.29, 0.717) is 17.4 Å². The van der Waals surface area contributed by atoms with Crippen molar-refractivity contribution in [3.05, 3.63) is 33.8 Å². The minimum Gasteiger partial charge on any atom is -0.394 e. The van der Waals surface area contributed by atoms with E-state index in [-0.39, 0.29) is 11.5 Å². The van der Waals surface area contributed by atoms with Crippen LogP contribution in [0.2, 0.25) is 0 Å². The molecule has 2 heterocycles. The lowest BCUT2D eigenvalue weighted by molar-refractivity contribution is -0.139. The number of hydrogen-bond acceptors (Lipinski definition) is 3. The molecule has 8 heteroatoms. The fraction of sp³-hybridized carbons (Fsp3) is 0.588. The molecule has 0 aromatic heterocycles. The van der Waals surface area contributed by atoms with Gasteiger partial charge < -0.3 is 15.3 Å². The molecule has 1 aromatic rings. The normalized spacial score (nSPS) is 27.2. The lowest BCUT2D eigenvalue weighted by Crippen LogP contribution is -2.47. The molecule has 2 bridgehead atoms. The molecule has 0 radical (unpaired) electrons. The van der Waals surface area contributed by atoms with Crippen LogP contribution in [0.15, 0.2) is 22.7 Å². The van der Waals surface area contributed by atoms with Gasteiger partial charge in [0.1, 0.15) is 0 Å². The molecular weight excluding hydrogens is 401 g/mol. The van der Waals surface area contributed by atoms with Gasteiger partial charge in [-0.25, -0.2) is 0 Å². The Bertz CT molecular complexity index is 664. The fourth-order valence-corrected chi connectivity index (χ4v) is 4.27. The zero-order valence-electron chi connectivity index (χ0n) is 13.6. The third-order valence-corrected chi connectivity index (χ3v) is 5.72. The molecule has 2 N–H and O–H groups in total. The summed E-state index contributed by atoms with van der Waals surface area (Å²) in [7, 11) is 0. The number of nitrogens with zero attached hydrogens (tertiary/aromatic N) is 1. The second-order valence-corrected chi connectivity index (χ2v) is 7.76. The molecular formula is C17H20BrF3N2O2. The predicted octanol–water partition coefficient (Wildman–Crippen LogP) is 3.10. The summed E-state index contributed by atoms with van der Waals surface area (Å²) >= 11 is 3.04. The molecule has 2 aliphatic heterocycles. The minimum atomic E-state index is -4.56. The summed E-state index contributed by atoms with van der Waals surface area (Å²) < 4.78 is 40.3. The number of halogens is 4. The maximum absolute atomic E-state index is 13.3. The van der Waals surface area contributed by atoms with Crippen molar-refractivity contribution in [2.24, 2.45) is 5.41 Å². The highest BCUT2D eigenvalue weighted by Gasteiger charge is 2.47. The summed E-state index contributed by atoms with van der Waals surface area (Å²) in [6.45, 7) is 1.85. The van der Waals surface area contributed by atoms with E-state index in [1.54, 1.807) is 0 Å². The monoisotopic (exact) mass is 420 g/mol. The van der Waals surface area contributed by atoms with Gasteiger partial charge in [0.2, 0.25) is 5.91 Å². The van der Waals surface area contributed by atoms with Crippen LogP contribution in [0, 0.1) is 5.41 Å². The number of fused-ring (bicyclic) bond motifs is 2. The van der Waals surface area contributed by atoms with Crippen LogP contribution in [0.4, 0.5) is 13.2 Å². The van der Waals surface area contributed by atoms with Gasteiger partial charge in [0.15, 0.2) is 0 Å². The molecule has 25 heavy (non-hydrogen) atoms. The largest absolute Gasteiger partial charge is 0.416 e. The molecule has 2 fully saturated rings. The standard InChI is InChI=1S/C17H20BrF3N2O2/c18-11-2-3-12(13(8-11)17(19,20)21)14(9-24)22-15(25)16-4-1-6-23(10-16)7-5-16/h2-3,8,14,24H,1,4-7,9-10H2,(H,22,25)/t14-,16+/m1/s1. The predicted molar refractivity (Wildman–Crippen MR) is 89.8 cm³/mol. The molecule has 3 atom stereocenters. The average molecular weight is 421 g/mol. The van der Waals surface area contributed by atoms with E-state index >= 15 is 0 Å². The lowest BCUT2D eigenvalue weighted by atomic mass is 9.79. The van der Waals surface area contributed by atoms with Crippen molar-refractivity contribution in [2.45, 2.75) is 31.5 Å². The SMILES string of the molecule is O=C(N[C@H](CO)c1ccc(Br)cc1C(F)(F)F)[C@@]12CCCN(CC1)C2. The van der Waals surface area contributed by atoms with Gasteiger partial charge in [0.25, 0.3) is 0 Å². The third-order valence-electron chi connectivity index (χ3n) is 5.23. The van der Waals surface area contributed by atoms with Gasteiger partial charge >= 0.3 is 6.18 Å². The van der Waals surface area contributed by atoms with Crippen molar-refractivity contribution in [1.29, 1.82) is 0 Å². The molecule has 0 saturated carbocycles. The number of carbonyl (C=O) groups excluding carboxylic acids is 1. The zero-order valence-corrected chi connectivity index (χ0v) is 15.2. The zero-order chi connectivity index (χ0) is 18.2. The van der Waals surface area contributed by atoms with E-state index in [2.05, 4.69) is 26.1 Å².